The molecule has 0 heterocycles. The van der Waals surface area contributed by atoms with Gasteiger partial charge in [-0.25, -0.2) is 8.42 Å². The van der Waals surface area contributed by atoms with E-state index in [0.717, 1.165) is 0 Å². The van der Waals surface area contributed by atoms with Gasteiger partial charge in [-0.15, -0.1) is 0 Å². The van der Waals surface area contributed by atoms with Gasteiger partial charge in [0.15, 0.2) is 9.84 Å². The molecule has 0 radical (unpaired) electrons. The van der Waals surface area contributed by atoms with Gasteiger partial charge >= 0.3 is 5.97 Å². The van der Waals surface area contributed by atoms with E-state index >= 15 is 0 Å². The summed E-state index contributed by atoms with van der Waals surface area (Å²) in [5.74, 6) is -2.08. The van der Waals surface area contributed by atoms with Crippen molar-refractivity contribution in [3.63, 3.8) is 0 Å². The van der Waals surface area contributed by atoms with Crippen LogP contribution in [0.1, 0.15) is 18.6 Å². The molecule has 0 unspecified atom stereocenters. The highest BCUT2D eigenvalue weighted by Crippen LogP contribution is 2.18. The van der Waals surface area contributed by atoms with Crippen LogP contribution in [-0.4, -0.2) is 37.6 Å². The standard InChI is InChI=1S/C12H15ClO5S/c1-2-18-12(15)8-19(16,17)7-11(14)9-3-5-10(13)6-4-9/h3-6,11,14H,2,7-8H2,1H3/t11-/m1/s1. The van der Waals surface area contributed by atoms with Crippen molar-refractivity contribution in [1.29, 1.82) is 0 Å². The maximum Gasteiger partial charge on any atom is 0.321 e. The molecule has 1 N–H and O–H groups in total. The second-order valence-corrected chi connectivity index (χ2v) is 6.47. The molecule has 0 saturated heterocycles. The minimum Gasteiger partial charge on any atom is -0.465 e. The number of ether oxygens (including phenoxy) is 1. The van der Waals surface area contributed by atoms with Gasteiger partial charge in [-0.3, -0.25) is 4.79 Å². The Morgan fingerprint density at radius 3 is 2.47 bits per heavy atom. The van der Waals surface area contributed by atoms with Crippen molar-refractivity contribution in [2.45, 2.75) is 13.0 Å². The first-order chi connectivity index (χ1) is 8.84. The van der Waals surface area contributed by atoms with Gasteiger partial charge in [0.1, 0.15) is 5.75 Å². The fraction of sp³-hybridized carbons (Fsp3) is 0.417. The second-order valence-electron chi connectivity index (χ2n) is 3.93. The van der Waals surface area contributed by atoms with Gasteiger partial charge in [-0.2, -0.15) is 0 Å². The molecule has 0 aromatic heterocycles. The van der Waals surface area contributed by atoms with Crippen LogP contribution in [0.5, 0.6) is 0 Å². The minimum absolute atomic E-state index is 0.119. The van der Waals surface area contributed by atoms with E-state index in [1.807, 2.05) is 0 Å². The molecule has 0 aliphatic rings. The van der Waals surface area contributed by atoms with E-state index in [4.69, 9.17) is 11.6 Å². The largest absolute Gasteiger partial charge is 0.465 e. The third kappa shape index (κ3) is 5.59. The van der Waals surface area contributed by atoms with Crippen molar-refractivity contribution in [2.75, 3.05) is 18.1 Å². The average molecular weight is 307 g/mol. The first-order valence-corrected chi connectivity index (χ1v) is 7.83. The number of carbonyl (C=O) groups excluding carboxylic acids is 1. The zero-order valence-electron chi connectivity index (χ0n) is 10.4. The number of esters is 1. The van der Waals surface area contributed by atoms with Crippen LogP contribution < -0.4 is 0 Å². The fourth-order valence-corrected chi connectivity index (χ4v) is 2.82. The molecule has 0 bridgehead atoms. The molecule has 0 spiro atoms. The predicted molar refractivity (Wildman–Crippen MR) is 71.7 cm³/mol. The van der Waals surface area contributed by atoms with E-state index in [2.05, 4.69) is 4.74 Å². The summed E-state index contributed by atoms with van der Waals surface area (Å²) >= 11 is 5.69. The Morgan fingerprint density at radius 2 is 1.95 bits per heavy atom. The van der Waals surface area contributed by atoms with Gasteiger partial charge in [0.2, 0.25) is 0 Å². The van der Waals surface area contributed by atoms with Gasteiger partial charge in [-0.05, 0) is 24.6 Å². The summed E-state index contributed by atoms with van der Waals surface area (Å²) in [5, 5.41) is 10.3. The lowest BCUT2D eigenvalue weighted by Gasteiger charge is -2.11. The van der Waals surface area contributed by atoms with Gasteiger partial charge in [0.25, 0.3) is 0 Å². The summed E-state index contributed by atoms with van der Waals surface area (Å²) in [7, 11) is -3.72. The normalized spacial score (nSPS) is 13.0. The van der Waals surface area contributed by atoms with Crippen molar-refractivity contribution >= 4 is 27.4 Å². The molecular formula is C12H15ClO5S. The topological polar surface area (TPSA) is 80.7 Å². The smallest absolute Gasteiger partial charge is 0.321 e. The summed E-state index contributed by atoms with van der Waals surface area (Å²) in [5.41, 5.74) is 0.428. The maximum absolute atomic E-state index is 11.7. The van der Waals surface area contributed by atoms with Crippen molar-refractivity contribution in [2.24, 2.45) is 0 Å². The lowest BCUT2D eigenvalue weighted by molar-refractivity contribution is -0.139. The second kappa shape index (κ2) is 6.88. The van der Waals surface area contributed by atoms with Crippen LogP contribution in [-0.2, 0) is 19.4 Å². The molecule has 1 atom stereocenters. The molecule has 1 aromatic carbocycles. The Morgan fingerprint density at radius 1 is 1.37 bits per heavy atom. The first kappa shape index (κ1) is 15.9. The van der Waals surface area contributed by atoms with Crippen LogP contribution in [0, 0.1) is 0 Å². The summed E-state index contributed by atoms with van der Waals surface area (Å²) in [6.45, 7) is 1.71. The Balaban J connectivity index is 2.67. The number of aliphatic hydroxyl groups excluding tert-OH is 1. The van der Waals surface area contributed by atoms with Crippen LogP contribution in [0.15, 0.2) is 24.3 Å². The highest BCUT2D eigenvalue weighted by atomic mass is 35.5. The summed E-state index contributed by atoms with van der Waals surface area (Å²) < 4.78 is 27.9. The zero-order chi connectivity index (χ0) is 14.5. The van der Waals surface area contributed by atoms with Gasteiger partial charge in [-0.1, -0.05) is 23.7 Å². The number of rotatable bonds is 6. The van der Waals surface area contributed by atoms with E-state index in [1.54, 1.807) is 19.1 Å². The molecule has 106 valence electrons. The zero-order valence-corrected chi connectivity index (χ0v) is 11.9. The predicted octanol–water partition coefficient (Wildman–Crippen LogP) is 1.35. The summed E-state index contributed by atoms with van der Waals surface area (Å²) in [6, 6.07) is 6.18. The van der Waals surface area contributed by atoms with E-state index in [9.17, 15) is 18.3 Å². The van der Waals surface area contributed by atoms with E-state index in [0.29, 0.717) is 10.6 Å². The van der Waals surface area contributed by atoms with E-state index in [-0.39, 0.29) is 6.61 Å². The van der Waals surface area contributed by atoms with Crippen LogP contribution in [0.3, 0.4) is 0 Å². The van der Waals surface area contributed by atoms with Crippen LogP contribution in [0.25, 0.3) is 0 Å². The Hall–Kier alpha value is -1.11. The van der Waals surface area contributed by atoms with Gasteiger partial charge in [0.05, 0.1) is 18.5 Å². The van der Waals surface area contributed by atoms with Crippen molar-refractivity contribution in [3.8, 4) is 0 Å². The average Bonchev–Trinajstić information content (AvgIpc) is 2.28. The van der Waals surface area contributed by atoms with Crippen LogP contribution in [0.4, 0.5) is 0 Å². The summed E-state index contributed by atoms with van der Waals surface area (Å²) in [6.07, 6.45) is -1.20. The van der Waals surface area contributed by atoms with E-state index < -0.39 is 33.4 Å². The molecule has 0 amide bonds. The number of hydrogen-bond acceptors (Lipinski definition) is 5. The number of halogens is 1. The third-order valence-corrected chi connectivity index (χ3v) is 4.06. The molecule has 1 rings (SSSR count). The molecule has 5 nitrogen and oxygen atoms in total. The number of benzene rings is 1. The number of carbonyl (C=O) groups is 1. The molecule has 0 aliphatic heterocycles. The minimum atomic E-state index is -3.72. The molecule has 0 saturated carbocycles. The number of sulfone groups is 1. The lowest BCUT2D eigenvalue weighted by Crippen LogP contribution is -2.24. The van der Waals surface area contributed by atoms with Crippen LogP contribution in [0.2, 0.25) is 5.02 Å². The monoisotopic (exact) mass is 306 g/mol. The van der Waals surface area contributed by atoms with Gasteiger partial charge < -0.3 is 9.84 Å². The number of hydrogen-bond donors (Lipinski definition) is 1. The van der Waals surface area contributed by atoms with Crippen LogP contribution >= 0.6 is 11.6 Å². The van der Waals surface area contributed by atoms with E-state index in [1.165, 1.54) is 12.1 Å². The van der Waals surface area contributed by atoms with Gasteiger partial charge in [0, 0.05) is 5.02 Å². The Kier molecular flexibility index (Phi) is 5.78. The maximum atomic E-state index is 11.7. The molecule has 0 fully saturated rings. The highest BCUT2D eigenvalue weighted by molar-refractivity contribution is 7.92. The highest BCUT2D eigenvalue weighted by Gasteiger charge is 2.22. The molecular weight excluding hydrogens is 292 g/mol. The quantitative estimate of drug-likeness (QED) is 0.802. The molecule has 0 aliphatic carbocycles. The molecule has 7 heteroatoms. The van der Waals surface area contributed by atoms with Crippen molar-refractivity contribution < 1.29 is 23.1 Å². The van der Waals surface area contributed by atoms with Crippen molar-refractivity contribution in [3.05, 3.63) is 34.9 Å². The SMILES string of the molecule is CCOC(=O)CS(=O)(=O)C[C@@H](O)c1ccc(Cl)cc1. The first-order valence-electron chi connectivity index (χ1n) is 5.63. The fourth-order valence-electron chi connectivity index (χ4n) is 1.46. The van der Waals surface area contributed by atoms with Crippen molar-refractivity contribution in [1.82, 2.24) is 0 Å². The molecule has 19 heavy (non-hydrogen) atoms. The number of aliphatic hydroxyl groups is 1. The lowest BCUT2D eigenvalue weighted by atomic mass is 10.1. The molecule has 1 aromatic rings. The summed E-state index contributed by atoms with van der Waals surface area (Å²) in [4.78, 5) is 11.1. The Bertz CT molecular complexity index is 524. The Labute approximate surface area is 117 Å². The third-order valence-electron chi connectivity index (χ3n) is 2.31.